The zero-order valence-electron chi connectivity index (χ0n) is 28.0. The van der Waals surface area contributed by atoms with Crippen molar-refractivity contribution >= 4 is 23.2 Å². The molecule has 0 spiro atoms. The summed E-state index contributed by atoms with van der Waals surface area (Å²) < 4.78 is 27.0. The number of aliphatic hydroxyl groups is 2. The number of carbonyl (C=O) groups excluding carboxylic acids is 2. The molecule has 0 unspecified atom stereocenters. The number of amides is 2. The van der Waals surface area contributed by atoms with Crippen molar-refractivity contribution in [1.29, 1.82) is 0 Å². The van der Waals surface area contributed by atoms with Gasteiger partial charge in [0.15, 0.2) is 11.6 Å². The van der Waals surface area contributed by atoms with E-state index in [1.54, 1.807) is 30.3 Å². The highest BCUT2D eigenvalue weighted by Crippen LogP contribution is 2.34. The number of phenolic OH excluding ortho intramolecular Hbond substituents is 2. The molecule has 12 heteroatoms. The lowest BCUT2D eigenvalue weighted by molar-refractivity contribution is -0.114. The average Bonchev–Trinajstić information content (AvgIpc) is 3.90. The lowest BCUT2D eigenvalue weighted by atomic mass is 10.0. The van der Waals surface area contributed by atoms with E-state index in [2.05, 4.69) is 21.3 Å². The van der Waals surface area contributed by atoms with E-state index >= 15 is 0 Å². The standard InChI is InChI=1S/C27H20F2N2O4.2C4H9N.2CH4O/c1-15(32)30-19-4-2-3-16(11-19)22-14-20(7-10-26(22)34)31-27(35)18-6-9-25(33)21(12-18)17-5-8-23(28)24(29)13-17;2*1-2-4-5-3-1;2*1-2/h2-14,33-34H,1H3,(H,30,32)(H,31,35);2*5H,1-4H2;2*2H,1H3. The second kappa shape index (κ2) is 21.9. The molecule has 2 amide bonds. The summed E-state index contributed by atoms with van der Waals surface area (Å²) in [7, 11) is 2.00. The molecule has 2 heterocycles. The fourth-order valence-electron chi connectivity index (χ4n) is 4.84. The highest BCUT2D eigenvalue weighted by molar-refractivity contribution is 6.05. The van der Waals surface area contributed by atoms with Crippen LogP contribution < -0.4 is 21.3 Å². The molecule has 0 atom stereocenters. The van der Waals surface area contributed by atoms with E-state index in [-0.39, 0.29) is 34.1 Å². The van der Waals surface area contributed by atoms with E-state index in [1.807, 2.05) is 0 Å². The maximum atomic E-state index is 13.7. The molecule has 2 fully saturated rings. The summed E-state index contributed by atoms with van der Waals surface area (Å²) >= 11 is 0. The van der Waals surface area contributed by atoms with Crippen LogP contribution in [-0.2, 0) is 4.79 Å². The van der Waals surface area contributed by atoms with Gasteiger partial charge in [0.25, 0.3) is 5.91 Å². The van der Waals surface area contributed by atoms with Crippen molar-refractivity contribution in [1.82, 2.24) is 10.6 Å². The summed E-state index contributed by atoms with van der Waals surface area (Å²) in [5.74, 6) is -3.06. The Kier molecular flexibility index (Phi) is 18.0. The van der Waals surface area contributed by atoms with E-state index in [4.69, 9.17) is 10.2 Å². The zero-order valence-corrected chi connectivity index (χ0v) is 28.0. The Morgan fingerprint density at radius 1 is 0.612 bits per heavy atom. The molecule has 264 valence electrons. The molecule has 0 aliphatic carbocycles. The molecule has 10 nitrogen and oxygen atoms in total. The van der Waals surface area contributed by atoms with E-state index in [1.165, 1.54) is 95.2 Å². The number of anilines is 2. The molecule has 4 aromatic rings. The summed E-state index contributed by atoms with van der Waals surface area (Å²) in [6, 6.07) is 18.6. The summed E-state index contributed by atoms with van der Waals surface area (Å²) in [4.78, 5) is 24.2. The van der Waals surface area contributed by atoms with Crippen LogP contribution in [-0.4, -0.2) is 72.6 Å². The van der Waals surface area contributed by atoms with Gasteiger partial charge in [-0.05, 0) is 124 Å². The highest BCUT2D eigenvalue weighted by Gasteiger charge is 2.14. The van der Waals surface area contributed by atoms with Crippen molar-refractivity contribution in [2.45, 2.75) is 32.6 Å². The second-order valence-corrected chi connectivity index (χ2v) is 10.7. The van der Waals surface area contributed by atoms with Crippen LogP contribution >= 0.6 is 0 Å². The van der Waals surface area contributed by atoms with Crippen LogP contribution in [0.5, 0.6) is 11.5 Å². The minimum Gasteiger partial charge on any atom is -0.507 e. The summed E-state index contributed by atoms with van der Waals surface area (Å²) in [6.07, 6.45) is 5.56. The number of rotatable bonds is 5. The highest BCUT2D eigenvalue weighted by atomic mass is 19.2. The molecule has 2 aliphatic rings. The third-order valence-corrected chi connectivity index (χ3v) is 7.15. The first-order chi connectivity index (χ1) is 23.7. The number of hydrogen-bond acceptors (Lipinski definition) is 8. The molecule has 2 aliphatic heterocycles. The largest absolute Gasteiger partial charge is 0.507 e. The van der Waals surface area contributed by atoms with Gasteiger partial charge in [-0.25, -0.2) is 8.78 Å². The molecular weight excluding hydrogens is 634 g/mol. The molecule has 8 N–H and O–H groups in total. The second-order valence-electron chi connectivity index (χ2n) is 10.7. The van der Waals surface area contributed by atoms with Gasteiger partial charge in [0.2, 0.25) is 5.91 Å². The van der Waals surface area contributed by atoms with Gasteiger partial charge in [-0.15, -0.1) is 0 Å². The first kappa shape index (κ1) is 40.3. The lowest BCUT2D eigenvalue weighted by Crippen LogP contribution is -2.12. The molecule has 0 bridgehead atoms. The Morgan fingerprint density at radius 2 is 1.14 bits per heavy atom. The topological polar surface area (TPSA) is 163 Å². The first-order valence-electron chi connectivity index (χ1n) is 15.8. The average molecular weight is 681 g/mol. The van der Waals surface area contributed by atoms with Gasteiger partial charge >= 0.3 is 0 Å². The SMILES string of the molecule is C1CCNC1.C1CCNC1.CC(=O)Nc1cccc(-c2cc(NC(=O)c3ccc(O)c(-c4ccc(F)c(F)c4)c3)ccc2O)c1.CO.CO. The normalized spacial score (nSPS) is 12.7. The molecule has 0 radical (unpaired) electrons. The molecule has 0 saturated carbocycles. The quantitative estimate of drug-likeness (QED) is 0.121. The smallest absolute Gasteiger partial charge is 0.255 e. The van der Waals surface area contributed by atoms with Crippen LogP contribution in [0, 0.1) is 11.6 Å². The van der Waals surface area contributed by atoms with Gasteiger partial charge in [-0.3, -0.25) is 9.59 Å². The number of aliphatic hydroxyl groups excluding tert-OH is 2. The van der Waals surface area contributed by atoms with E-state index < -0.39 is 17.5 Å². The van der Waals surface area contributed by atoms with Crippen molar-refractivity contribution < 1.29 is 38.8 Å². The number of aromatic hydroxyl groups is 2. The van der Waals surface area contributed by atoms with Gasteiger partial charge in [0, 0.05) is 49.2 Å². The van der Waals surface area contributed by atoms with Crippen LogP contribution in [0.25, 0.3) is 22.3 Å². The van der Waals surface area contributed by atoms with E-state index in [0.717, 1.165) is 26.4 Å². The molecule has 4 aromatic carbocycles. The van der Waals surface area contributed by atoms with Crippen LogP contribution in [0.2, 0.25) is 0 Å². The number of nitrogens with one attached hydrogen (secondary N) is 4. The third-order valence-electron chi connectivity index (χ3n) is 7.15. The summed E-state index contributed by atoms with van der Waals surface area (Å²) in [6.45, 7) is 6.39. The van der Waals surface area contributed by atoms with Crippen molar-refractivity contribution in [3.63, 3.8) is 0 Å². The number of carbonyl (C=O) groups is 2. The number of halogens is 2. The van der Waals surface area contributed by atoms with E-state index in [0.29, 0.717) is 22.5 Å². The van der Waals surface area contributed by atoms with Gasteiger partial charge < -0.3 is 41.7 Å². The number of hydrogen-bond donors (Lipinski definition) is 8. The van der Waals surface area contributed by atoms with Crippen LogP contribution in [0.4, 0.5) is 20.2 Å². The maximum absolute atomic E-state index is 13.7. The van der Waals surface area contributed by atoms with Gasteiger partial charge in [0.05, 0.1) is 0 Å². The predicted molar refractivity (Wildman–Crippen MR) is 190 cm³/mol. The molecule has 0 aromatic heterocycles. The minimum atomic E-state index is -1.07. The van der Waals surface area contributed by atoms with Crippen molar-refractivity contribution in [3.05, 3.63) is 96.1 Å². The Bertz CT molecular complexity index is 1600. The molecule has 49 heavy (non-hydrogen) atoms. The van der Waals surface area contributed by atoms with Crippen molar-refractivity contribution in [2.75, 3.05) is 51.0 Å². The minimum absolute atomic E-state index is 0.0202. The first-order valence-corrected chi connectivity index (χ1v) is 15.8. The Hall–Kier alpha value is -4.88. The van der Waals surface area contributed by atoms with Gasteiger partial charge in [-0.2, -0.15) is 0 Å². The summed E-state index contributed by atoms with van der Waals surface area (Å²) in [5.41, 5.74) is 2.54. The fourth-order valence-corrected chi connectivity index (χ4v) is 4.84. The Morgan fingerprint density at radius 3 is 1.67 bits per heavy atom. The molecule has 6 rings (SSSR count). The Balaban J connectivity index is 0.000000497. The zero-order chi connectivity index (χ0) is 36.2. The monoisotopic (exact) mass is 680 g/mol. The third kappa shape index (κ3) is 13.3. The molecular formula is C37H46F2N4O6. The van der Waals surface area contributed by atoms with Gasteiger partial charge in [0.1, 0.15) is 11.5 Å². The van der Waals surface area contributed by atoms with Crippen LogP contribution in [0.3, 0.4) is 0 Å². The van der Waals surface area contributed by atoms with Gasteiger partial charge in [-0.1, -0.05) is 18.2 Å². The lowest BCUT2D eigenvalue weighted by Gasteiger charge is -2.12. The van der Waals surface area contributed by atoms with Crippen LogP contribution in [0.15, 0.2) is 78.9 Å². The Labute approximate surface area is 285 Å². The van der Waals surface area contributed by atoms with Crippen molar-refractivity contribution in [3.8, 4) is 33.8 Å². The van der Waals surface area contributed by atoms with E-state index in [9.17, 15) is 28.6 Å². The maximum Gasteiger partial charge on any atom is 0.255 e. The number of phenols is 2. The molecule has 2 saturated heterocycles. The number of benzene rings is 4. The van der Waals surface area contributed by atoms with Crippen LogP contribution in [0.1, 0.15) is 43.0 Å². The fraction of sp³-hybridized carbons (Fsp3) is 0.297. The summed E-state index contributed by atoms with van der Waals surface area (Å²) in [5, 5.41) is 46.4. The van der Waals surface area contributed by atoms with Crippen molar-refractivity contribution in [2.24, 2.45) is 0 Å². The predicted octanol–water partition coefficient (Wildman–Crippen LogP) is 5.88.